The van der Waals surface area contributed by atoms with Gasteiger partial charge >= 0.3 is 0 Å². The molecule has 1 N–H and O–H groups in total. The number of hydrogen-bond acceptors (Lipinski definition) is 6. The minimum atomic E-state index is -0.438. The Balaban J connectivity index is 1.54. The van der Waals surface area contributed by atoms with Gasteiger partial charge in [0.05, 0.1) is 22.6 Å². The molecule has 0 fully saturated rings. The van der Waals surface area contributed by atoms with E-state index in [-0.39, 0.29) is 12.3 Å². The molecule has 0 radical (unpaired) electrons. The van der Waals surface area contributed by atoms with Crippen LogP contribution in [0.15, 0.2) is 72.9 Å². The molecule has 28 heavy (non-hydrogen) atoms. The Kier molecular flexibility index (Phi) is 4.83. The van der Waals surface area contributed by atoms with Gasteiger partial charge in [0.1, 0.15) is 24.0 Å². The van der Waals surface area contributed by atoms with Crippen LogP contribution < -0.4 is 10.1 Å². The summed E-state index contributed by atoms with van der Waals surface area (Å²) in [6.07, 6.45) is 1.73. The SMILES string of the molecule is O=[N+]([O-])c1ccc(OCc2nc3ccccc3n2CNc2ccccn2)cc1. The number of nitro groups is 1. The predicted octanol–water partition coefficient (Wildman–Crippen LogP) is 3.99. The van der Waals surface area contributed by atoms with Crippen molar-refractivity contribution in [3.63, 3.8) is 0 Å². The van der Waals surface area contributed by atoms with E-state index in [0.29, 0.717) is 12.4 Å². The maximum Gasteiger partial charge on any atom is 0.269 e. The maximum absolute atomic E-state index is 10.8. The first-order chi connectivity index (χ1) is 13.7. The standard InChI is InChI=1S/C20H17N5O3/c26-25(27)15-8-10-16(11-9-15)28-13-20-23-17-5-1-2-6-18(17)24(20)14-22-19-7-3-4-12-21-19/h1-12H,13-14H2,(H,21,22). The topological polar surface area (TPSA) is 95.1 Å². The second-order valence-electron chi connectivity index (χ2n) is 6.03. The van der Waals surface area contributed by atoms with Crippen molar-refractivity contribution in [2.75, 3.05) is 5.32 Å². The molecule has 2 aromatic heterocycles. The molecule has 0 amide bonds. The van der Waals surface area contributed by atoms with Gasteiger partial charge in [0.15, 0.2) is 0 Å². The molecule has 2 aromatic carbocycles. The number of nitro benzene ring substituents is 1. The minimum Gasteiger partial charge on any atom is -0.486 e. The summed E-state index contributed by atoms with van der Waals surface area (Å²) in [6, 6.07) is 19.5. The van der Waals surface area contributed by atoms with Crippen molar-refractivity contribution in [2.24, 2.45) is 0 Å². The van der Waals surface area contributed by atoms with Crippen LogP contribution in [0.5, 0.6) is 5.75 Å². The Labute approximate surface area is 160 Å². The summed E-state index contributed by atoms with van der Waals surface area (Å²) in [5.41, 5.74) is 1.88. The second kappa shape index (κ2) is 7.75. The normalized spacial score (nSPS) is 10.7. The van der Waals surface area contributed by atoms with Crippen LogP contribution in [-0.2, 0) is 13.3 Å². The fourth-order valence-electron chi connectivity index (χ4n) is 2.85. The lowest BCUT2D eigenvalue weighted by atomic mass is 10.3. The Morgan fingerprint density at radius 3 is 2.57 bits per heavy atom. The minimum absolute atomic E-state index is 0.0270. The van der Waals surface area contributed by atoms with E-state index < -0.39 is 4.92 Å². The third-order valence-electron chi connectivity index (χ3n) is 4.23. The second-order valence-corrected chi connectivity index (χ2v) is 6.03. The number of benzene rings is 2. The largest absolute Gasteiger partial charge is 0.486 e. The summed E-state index contributed by atoms with van der Waals surface area (Å²) in [7, 11) is 0. The molecule has 0 aliphatic carbocycles. The molecule has 0 saturated heterocycles. The van der Waals surface area contributed by atoms with E-state index >= 15 is 0 Å². The van der Waals surface area contributed by atoms with Crippen molar-refractivity contribution < 1.29 is 9.66 Å². The van der Waals surface area contributed by atoms with Crippen LogP contribution >= 0.6 is 0 Å². The van der Waals surface area contributed by atoms with Crippen LogP contribution in [0.25, 0.3) is 11.0 Å². The number of hydrogen-bond donors (Lipinski definition) is 1. The molecule has 0 bridgehead atoms. The van der Waals surface area contributed by atoms with Gasteiger partial charge in [0.25, 0.3) is 5.69 Å². The maximum atomic E-state index is 10.8. The van der Waals surface area contributed by atoms with Crippen LogP contribution in [0.4, 0.5) is 11.5 Å². The lowest BCUT2D eigenvalue weighted by Gasteiger charge is -2.12. The molecular weight excluding hydrogens is 358 g/mol. The average Bonchev–Trinajstić information content (AvgIpc) is 3.09. The van der Waals surface area contributed by atoms with Gasteiger partial charge in [-0.3, -0.25) is 10.1 Å². The van der Waals surface area contributed by atoms with Gasteiger partial charge in [-0.25, -0.2) is 9.97 Å². The molecule has 8 heteroatoms. The Morgan fingerprint density at radius 1 is 1.04 bits per heavy atom. The van der Waals surface area contributed by atoms with Crippen molar-refractivity contribution in [1.82, 2.24) is 14.5 Å². The zero-order chi connectivity index (χ0) is 19.3. The quantitative estimate of drug-likeness (QED) is 0.388. The van der Waals surface area contributed by atoms with Crippen molar-refractivity contribution in [1.29, 1.82) is 0 Å². The van der Waals surface area contributed by atoms with Crippen LogP contribution in [-0.4, -0.2) is 19.5 Å². The molecule has 8 nitrogen and oxygen atoms in total. The van der Waals surface area contributed by atoms with Gasteiger partial charge in [-0.15, -0.1) is 0 Å². The van der Waals surface area contributed by atoms with Crippen LogP contribution in [0.3, 0.4) is 0 Å². The van der Waals surface area contributed by atoms with E-state index in [9.17, 15) is 10.1 Å². The number of fused-ring (bicyclic) bond motifs is 1. The lowest BCUT2D eigenvalue weighted by molar-refractivity contribution is -0.384. The Hall–Kier alpha value is -3.94. The zero-order valence-corrected chi connectivity index (χ0v) is 14.9. The van der Waals surface area contributed by atoms with Crippen molar-refractivity contribution >= 4 is 22.5 Å². The summed E-state index contributed by atoms with van der Waals surface area (Å²) in [5, 5.41) is 14.0. The third kappa shape index (κ3) is 3.75. The molecule has 0 unspecified atom stereocenters. The molecule has 0 atom stereocenters. The van der Waals surface area contributed by atoms with Gasteiger partial charge in [0, 0.05) is 18.3 Å². The number of anilines is 1. The van der Waals surface area contributed by atoms with Gasteiger partial charge in [0.2, 0.25) is 0 Å². The predicted molar refractivity (Wildman–Crippen MR) is 105 cm³/mol. The van der Waals surface area contributed by atoms with Gasteiger partial charge in [-0.1, -0.05) is 18.2 Å². The molecular formula is C20H17N5O3. The van der Waals surface area contributed by atoms with E-state index in [4.69, 9.17) is 4.74 Å². The molecule has 0 aliphatic heterocycles. The van der Waals surface area contributed by atoms with Crippen molar-refractivity contribution in [3.8, 4) is 5.75 Å². The first-order valence-corrected chi connectivity index (χ1v) is 8.67. The van der Waals surface area contributed by atoms with Crippen LogP contribution in [0, 0.1) is 10.1 Å². The molecule has 0 saturated carbocycles. The number of pyridine rings is 1. The van der Waals surface area contributed by atoms with Crippen molar-refractivity contribution in [2.45, 2.75) is 13.3 Å². The average molecular weight is 375 g/mol. The molecule has 140 valence electrons. The van der Waals surface area contributed by atoms with E-state index in [2.05, 4.69) is 15.3 Å². The molecule has 0 spiro atoms. The molecule has 0 aliphatic rings. The monoisotopic (exact) mass is 375 g/mol. The summed E-state index contributed by atoms with van der Waals surface area (Å²) >= 11 is 0. The smallest absolute Gasteiger partial charge is 0.269 e. The highest BCUT2D eigenvalue weighted by molar-refractivity contribution is 5.76. The summed E-state index contributed by atoms with van der Waals surface area (Å²) in [6.45, 7) is 0.715. The number of para-hydroxylation sites is 2. The number of nitrogens with one attached hydrogen (secondary N) is 1. The highest BCUT2D eigenvalue weighted by Crippen LogP contribution is 2.21. The highest BCUT2D eigenvalue weighted by atomic mass is 16.6. The third-order valence-corrected chi connectivity index (χ3v) is 4.23. The number of aromatic nitrogens is 3. The highest BCUT2D eigenvalue weighted by Gasteiger charge is 2.12. The molecule has 2 heterocycles. The summed E-state index contributed by atoms with van der Waals surface area (Å²) < 4.78 is 7.82. The first-order valence-electron chi connectivity index (χ1n) is 8.67. The van der Waals surface area contributed by atoms with E-state index in [1.165, 1.54) is 12.1 Å². The summed E-state index contributed by atoms with van der Waals surface area (Å²) in [5.74, 6) is 2.05. The van der Waals surface area contributed by atoms with Crippen LogP contribution in [0.1, 0.15) is 5.82 Å². The lowest BCUT2D eigenvalue weighted by Crippen LogP contribution is -2.13. The fraction of sp³-hybridized carbons (Fsp3) is 0.100. The Bertz CT molecular complexity index is 1090. The zero-order valence-electron chi connectivity index (χ0n) is 14.9. The van der Waals surface area contributed by atoms with E-state index in [0.717, 1.165) is 22.7 Å². The number of rotatable bonds is 7. The van der Waals surface area contributed by atoms with Gasteiger partial charge in [-0.05, 0) is 36.4 Å². The Morgan fingerprint density at radius 2 is 1.82 bits per heavy atom. The number of ether oxygens (including phenoxy) is 1. The van der Waals surface area contributed by atoms with Gasteiger partial charge in [-0.2, -0.15) is 0 Å². The summed E-state index contributed by atoms with van der Waals surface area (Å²) in [4.78, 5) is 19.3. The van der Waals surface area contributed by atoms with E-state index in [1.54, 1.807) is 18.3 Å². The van der Waals surface area contributed by atoms with Gasteiger partial charge < -0.3 is 14.6 Å². The van der Waals surface area contributed by atoms with E-state index in [1.807, 2.05) is 47.0 Å². The number of imidazole rings is 1. The fourth-order valence-corrected chi connectivity index (χ4v) is 2.85. The number of non-ortho nitro benzene ring substituents is 1. The number of nitrogens with zero attached hydrogens (tertiary/aromatic N) is 4. The molecule has 4 rings (SSSR count). The molecule has 4 aromatic rings. The first kappa shape index (κ1) is 17.5. The van der Waals surface area contributed by atoms with Crippen molar-refractivity contribution in [3.05, 3.63) is 88.9 Å². The van der Waals surface area contributed by atoms with Crippen LogP contribution in [0.2, 0.25) is 0 Å².